The average molecular weight is 388 g/mol. The SMILES string of the molecule is COc1cccc(CSc2nnc(-c3ccncc3)n2-c2ccc(C)cc2)c1. The van der Waals surface area contributed by atoms with E-state index in [1.807, 2.05) is 30.3 Å². The summed E-state index contributed by atoms with van der Waals surface area (Å²) < 4.78 is 7.42. The highest BCUT2D eigenvalue weighted by Gasteiger charge is 2.16. The Morgan fingerprint density at radius 2 is 1.75 bits per heavy atom. The maximum atomic E-state index is 5.32. The van der Waals surface area contributed by atoms with Crippen LogP contribution in [0.2, 0.25) is 0 Å². The lowest BCUT2D eigenvalue weighted by Gasteiger charge is -2.11. The number of hydrogen-bond acceptors (Lipinski definition) is 5. The third kappa shape index (κ3) is 3.92. The Balaban J connectivity index is 1.70. The summed E-state index contributed by atoms with van der Waals surface area (Å²) in [6.07, 6.45) is 3.54. The zero-order valence-corrected chi connectivity index (χ0v) is 16.6. The highest BCUT2D eigenvalue weighted by molar-refractivity contribution is 7.98. The molecule has 140 valence electrons. The van der Waals surface area contributed by atoms with Gasteiger partial charge in [-0.1, -0.05) is 41.6 Å². The summed E-state index contributed by atoms with van der Waals surface area (Å²) in [4.78, 5) is 4.11. The molecule has 4 aromatic rings. The predicted octanol–water partition coefficient (Wildman–Crippen LogP) is 4.94. The maximum Gasteiger partial charge on any atom is 0.196 e. The minimum absolute atomic E-state index is 0.775. The highest BCUT2D eigenvalue weighted by atomic mass is 32.2. The van der Waals surface area contributed by atoms with Gasteiger partial charge in [0.2, 0.25) is 0 Å². The van der Waals surface area contributed by atoms with Crippen molar-refractivity contribution < 1.29 is 4.74 Å². The fourth-order valence-corrected chi connectivity index (χ4v) is 3.78. The molecule has 4 rings (SSSR count). The Morgan fingerprint density at radius 1 is 0.964 bits per heavy atom. The molecule has 0 aliphatic heterocycles. The van der Waals surface area contributed by atoms with Crippen LogP contribution in [0.25, 0.3) is 17.1 Å². The molecule has 6 heteroatoms. The van der Waals surface area contributed by atoms with Crippen LogP contribution in [-0.4, -0.2) is 26.9 Å². The molecule has 0 saturated heterocycles. The van der Waals surface area contributed by atoms with Gasteiger partial charge in [0.1, 0.15) is 5.75 Å². The molecule has 28 heavy (non-hydrogen) atoms. The van der Waals surface area contributed by atoms with E-state index in [0.717, 1.165) is 33.7 Å². The zero-order chi connectivity index (χ0) is 19.3. The van der Waals surface area contributed by atoms with Crippen molar-refractivity contribution in [1.29, 1.82) is 0 Å². The molecule has 2 aromatic heterocycles. The van der Waals surface area contributed by atoms with Crippen molar-refractivity contribution in [3.05, 3.63) is 84.2 Å². The molecule has 0 radical (unpaired) electrons. The van der Waals surface area contributed by atoms with Gasteiger partial charge in [0, 0.05) is 29.4 Å². The van der Waals surface area contributed by atoms with Gasteiger partial charge in [-0.05, 0) is 48.9 Å². The summed E-state index contributed by atoms with van der Waals surface area (Å²) in [5, 5.41) is 9.79. The van der Waals surface area contributed by atoms with Crippen LogP contribution in [0, 0.1) is 6.92 Å². The molecule has 0 saturated carbocycles. The van der Waals surface area contributed by atoms with Crippen molar-refractivity contribution in [3.63, 3.8) is 0 Å². The van der Waals surface area contributed by atoms with Crippen LogP contribution < -0.4 is 4.74 Å². The summed E-state index contributed by atoms with van der Waals surface area (Å²) >= 11 is 1.65. The van der Waals surface area contributed by atoms with E-state index in [9.17, 15) is 0 Å². The first-order valence-electron chi connectivity index (χ1n) is 8.93. The van der Waals surface area contributed by atoms with Gasteiger partial charge in [0.25, 0.3) is 0 Å². The summed E-state index contributed by atoms with van der Waals surface area (Å²) in [6.45, 7) is 2.08. The van der Waals surface area contributed by atoms with Crippen molar-refractivity contribution >= 4 is 11.8 Å². The lowest BCUT2D eigenvalue weighted by atomic mass is 10.2. The first kappa shape index (κ1) is 18.3. The average Bonchev–Trinajstić information content (AvgIpc) is 3.17. The lowest BCUT2D eigenvalue weighted by molar-refractivity contribution is 0.414. The van der Waals surface area contributed by atoms with Gasteiger partial charge in [-0.15, -0.1) is 10.2 Å². The van der Waals surface area contributed by atoms with E-state index in [4.69, 9.17) is 4.74 Å². The fraction of sp³-hybridized carbons (Fsp3) is 0.136. The van der Waals surface area contributed by atoms with E-state index in [-0.39, 0.29) is 0 Å². The van der Waals surface area contributed by atoms with Crippen molar-refractivity contribution in [2.75, 3.05) is 7.11 Å². The van der Waals surface area contributed by atoms with E-state index < -0.39 is 0 Å². The zero-order valence-electron chi connectivity index (χ0n) is 15.7. The molecular weight excluding hydrogens is 368 g/mol. The topological polar surface area (TPSA) is 52.8 Å². The van der Waals surface area contributed by atoms with E-state index in [1.54, 1.807) is 31.3 Å². The van der Waals surface area contributed by atoms with Crippen molar-refractivity contribution in [2.24, 2.45) is 0 Å². The maximum absolute atomic E-state index is 5.32. The minimum Gasteiger partial charge on any atom is -0.497 e. The molecule has 0 aliphatic rings. The van der Waals surface area contributed by atoms with Gasteiger partial charge >= 0.3 is 0 Å². The van der Waals surface area contributed by atoms with Crippen LogP contribution in [0.15, 0.2) is 78.2 Å². The lowest BCUT2D eigenvalue weighted by Crippen LogP contribution is -2.00. The monoisotopic (exact) mass is 388 g/mol. The first-order chi connectivity index (χ1) is 13.7. The number of methoxy groups -OCH3 is 1. The number of benzene rings is 2. The molecule has 0 bridgehead atoms. The molecule has 2 heterocycles. The van der Waals surface area contributed by atoms with Gasteiger partial charge < -0.3 is 4.74 Å². The number of pyridine rings is 1. The largest absolute Gasteiger partial charge is 0.497 e. The van der Waals surface area contributed by atoms with Crippen molar-refractivity contribution in [2.45, 2.75) is 17.8 Å². The van der Waals surface area contributed by atoms with Gasteiger partial charge in [0.05, 0.1) is 7.11 Å². The van der Waals surface area contributed by atoms with E-state index in [2.05, 4.69) is 57.0 Å². The van der Waals surface area contributed by atoms with Gasteiger partial charge in [-0.2, -0.15) is 0 Å². The third-order valence-corrected chi connectivity index (χ3v) is 5.37. The molecule has 0 unspecified atom stereocenters. The van der Waals surface area contributed by atoms with Crippen molar-refractivity contribution in [1.82, 2.24) is 19.7 Å². The normalized spacial score (nSPS) is 10.8. The Hall–Kier alpha value is -3.12. The van der Waals surface area contributed by atoms with Crippen LogP contribution in [0.5, 0.6) is 5.75 Å². The number of nitrogens with zero attached hydrogens (tertiary/aromatic N) is 4. The van der Waals surface area contributed by atoms with E-state index in [1.165, 1.54) is 11.1 Å². The Morgan fingerprint density at radius 3 is 2.50 bits per heavy atom. The van der Waals surface area contributed by atoms with Crippen molar-refractivity contribution in [3.8, 4) is 22.8 Å². The number of thioether (sulfide) groups is 1. The van der Waals surface area contributed by atoms with Crippen LogP contribution in [-0.2, 0) is 5.75 Å². The molecule has 0 atom stereocenters. The first-order valence-corrected chi connectivity index (χ1v) is 9.92. The minimum atomic E-state index is 0.775. The van der Waals surface area contributed by atoms with Crippen LogP contribution >= 0.6 is 11.8 Å². The number of hydrogen-bond donors (Lipinski definition) is 0. The highest BCUT2D eigenvalue weighted by Crippen LogP contribution is 2.30. The Bertz CT molecular complexity index is 1060. The summed E-state index contributed by atoms with van der Waals surface area (Å²) in [7, 11) is 1.68. The second-order valence-corrected chi connectivity index (χ2v) is 7.30. The second kappa shape index (κ2) is 8.27. The van der Waals surface area contributed by atoms with Gasteiger partial charge in [-0.25, -0.2) is 0 Å². The molecular formula is C22H20N4OS. The van der Waals surface area contributed by atoms with Gasteiger partial charge in [-0.3, -0.25) is 9.55 Å². The van der Waals surface area contributed by atoms with Crippen LogP contribution in [0.3, 0.4) is 0 Å². The number of aromatic nitrogens is 4. The molecule has 0 fully saturated rings. The Kier molecular flexibility index (Phi) is 5.39. The summed E-state index contributed by atoms with van der Waals surface area (Å²) in [5.41, 5.74) is 4.41. The number of rotatable bonds is 6. The molecule has 0 aliphatic carbocycles. The van der Waals surface area contributed by atoms with Crippen LogP contribution in [0.1, 0.15) is 11.1 Å². The Labute approximate surface area is 168 Å². The second-order valence-electron chi connectivity index (χ2n) is 6.35. The molecule has 0 spiro atoms. The predicted molar refractivity (Wildman–Crippen MR) is 112 cm³/mol. The molecule has 5 nitrogen and oxygen atoms in total. The standard InChI is InChI=1S/C22H20N4OS/c1-16-6-8-19(9-7-16)26-21(18-10-12-23-13-11-18)24-25-22(26)28-15-17-4-3-5-20(14-17)27-2/h3-14H,15H2,1-2H3. The van der Waals surface area contributed by atoms with Crippen LogP contribution in [0.4, 0.5) is 0 Å². The number of aryl methyl sites for hydroxylation is 1. The third-order valence-electron chi connectivity index (χ3n) is 4.37. The molecule has 0 N–H and O–H groups in total. The smallest absolute Gasteiger partial charge is 0.196 e. The van der Waals surface area contributed by atoms with E-state index in [0.29, 0.717) is 0 Å². The number of ether oxygens (including phenoxy) is 1. The molecule has 2 aromatic carbocycles. The fourth-order valence-electron chi connectivity index (χ4n) is 2.89. The van der Waals surface area contributed by atoms with Gasteiger partial charge in [0.15, 0.2) is 11.0 Å². The summed E-state index contributed by atoms with van der Waals surface area (Å²) in [6, 6.07) is 20.4. The summed E-state index contributed by atoms with van der Waals surface area (Å²) in [5.74, 6) is 2.44. The van der Waals surface area contributed by atoms with E-state index >= 15 is 0 Å². The molecule has 0 amide bonds. The quantitative estimate of drug-likeness (QED) is 0.438.